The number of rotatable bonds is 5. The molecule has 0 radical (unpaired) electrons. The number of ether oxygens (including phenoxy) is 1. The van der Waals surface area contributed by atoms with Crippen LogP contribution in [-0.4, -0.2) is 53.1 Å². The summed E-state index contributed by atoms with van der Waals surface area (Å²) >= 11 is 0. The van der Waals surface area contributed by atoms with Gasteiger partial charge in [-0.25, -0.2) is 0 Å². The van der Waals surface area contributed by atoms with Crippen LogP contribution >= 0.6 is 0 Å². The summed E-state index contributed by atoms with van der Waals surface area (Å²) < 4.78 is 11.0. The predicted molar refractivity (Wildman–Crippen MR) is 112 cm³/mol. The van der Waals surface area contributed by atoms with Crippen LogP contribution in [0.25, 0.3) is 0 Å². The molecule has 4 rings (SSSR count). The van der Waals surface area contributed by atoms with Gasteiger partial charge in [-0.05, 0) is 18.6 Å². The molecule has 1 aliphatic rings. The fourth-order valence-corrected chi connectivity index (χ4v) is 3.26. The van der Waals surface area contributed by atoms with Gasteiger partial charge in [-0.3, -0.25) is 4.79 Å². The van der Waals surface area contributed by atoms with Crippen LogP contribution in [0.3, 0.4) is 0 Å². The number of ketones is 1. The maximum absolute atomic E-state index is 12.7. The molecule has 1 unspecified atom stereocenters. The zero-order valence-electron chi connectivity index (χ0n) is 16.7. The zero-order valence-corrected chi connectivity index (χ0v) is 16.7. The average molecular weight is 405 g/mol. The van der Waals surface area contributed by atoms with Gasteiger partial charge in [-0.2, -0.15) is 4.99 Å². The van der Waals surface area contributed by atoms with Gasteiger partial charge >= 0.3 is 6.01 Å². The molecule has 0 aliphatic carbocycles. The summed E-state index contributed by atoms with van der Waals surface area (Å²) in [7, 11) is 0. The number of aliphatic imine (C=N–C) groups is 1. The van der Waals surface area contributed by atoms with Gasteiger partial charge in [0, 0.05) is 24.2 Å². The van der Waals surface area contributed by atoms with Crippen LogP contribution in [-0.2, 0) is 4.74 Å². The van der Waals surface area contributed by atoms with Gasteiger partial charge in [0.25, 0.3) is 0 Å². The van der Waals surface area contributed by atoms with Crippen LogP contribution in [0.5, 0.6) is 0 Å². The van der Waals surface area contributed by atoms with Crippen molar-refractivity contribution in [3.63, 3.8) is 0 Å². The van der Waals surface area contributed by atoms with Crippen LogP contribution in [0.1, 0.15) is 40.2 Å². The van der Waals surface area contributed by atoms with E-state index in [1.807, 2.05) is 48.2 Å². The molecule has 8 heteroatoms. The molecule has 2 heterocycles. The molecule has 1 saturated heterocycles. The second kappa shape index (κ2) is 8.87. The van der Waals surface area contributed by atoms with E-state index in [1.165, 1.54) is 0 Å². The lowest BCUT2D eigenvalue weighted by Crippen LogP contribution is -2.44. The SMILES string of the molecule is CC(c1cccc(C(=O)c2ccccc2)c1)c1nnc(/N=C(\N)N2CCOCC2)o1. The molecule has 0 saturated carbocycles. The third kappa shape index (κ3) is 4.38. The molecule has 30 heavy (non-hydrogen) atoms. The largest absolute Gasteiger partial charge is 0.406 e. The monoisotopic (exact) mass is 405 g/mol. The van der Waals surface area contributed by atoms with Crippen LogP contribution < -0.4 is 5.73 Å². The Hall–Kier alpha value is -3.52. The van der Waals surface area contributed by atoms with Crippen molar-refractivity contribution in [2.45, 2.75) is 12.8 Å². The van der Waals surface area contributed by atoms with Crippen molar-refractivity contribution in [3.05, 3.63) is 77.2 Å². The van der Waals surface area contributed by atoms with Crippen molar-refractivity contribution >= 4 is 17.8 Å². The van der Waals surface area contributed by atoms with Gasteiger partial charge in [0.05, 0.1) is 19.1 Å². The molecule has 0 spiro atoms. The third-order valence-corrected chi connectivity index (χ3v) is 5.03. The number of morpholine rings is 1. The second-order valence-electron chi connectivity index (χ2n) is 7.03. The fourth-order valence-electron chi connectivity index (χ4n) is 3.26. The standard InChI is InChI=1S/C22H23N5O3/c1-15(17-8-5-9-18(14-17)19(28)16-6-3-2-4-7-16)20-25-26-22(30-20)24-21(23)27-10-12-29-13-11-27/h2-9,14-15H,10-13H2,1H3,(H2,23,24,26). The first-order valence-corrected chi connectivity index (χ1v) is 9.82. The maximum Gasteiger partial charge on any atom is 0.345 e. The van der Waals surface area contributed by atoms with Crippen LogP contribution in [0.2, 0.25) is 0 Å². The van der Waals surface area contributed by atoms with E-state index in [1.54, 1.807) is 18.2 Å². The molecular weight excluding hydrogens is 382 g/mol. The summed E-state index contributed by atoms with van der Waals surface area (Å²) in [6.07, 6.45) is 0. The molecule has 1 fully saturated rings. The Morgan fingerprint density at radius 1 is 1.07 bits per heavy atom. The van der Waals surface area contributed by atoms with E-state index in [4.69, 9.17) is 14.9 Å². The van der Waals surface area contributed by atoms with Crippen LogP contribution in [0, 0.1) is 0 Å². The third-order valence-electron chi connectivity index (χ3n) is 5.03. The molecule has 1 aromatic heterocycles. The van der Waals surface area contributed by atoms with Crippen molar-refractivity contribution in [2.24, 2.45) is 10.7 Å². The number of hydrogen-bond acceptors (Lipinski definition) is 6. The molecule has 154 valence electrons. The number of carbonyl (C=O) groups is 1. The summed E-state index contributed by atoms with van der Waals surface area (Å²) in [6, 6.07) is 16.8. The van der Waals surface area contributed by atoms with E-state index in [0.717, 1.165) is 5.56 Å². The lowest BCUT2D eigenvalue weighted by atomic mass is 9.96. The number of carbonyl (C=O) groups excluding carboxylic acids is 1. The molecule has 2 N–H and O–H groups in total. The zero-order chi connectivity index (χ0) is 20.9. The average Bonchev–Trinajstić information content (AvgIpc) is 3.27. The van der Waals surface area contributed by atoms with Gasteiger partial charge in [-0.15, -0.1) is 5.10 Å². The normalized spacial score (nSPS) is 15.8. The van der Waals surface area contributed by atoms with E-state index in [0.29, 0.717) is 49.3 Å². The minimum absolute atomic E-state index is 0.0289. The van der Waals surface area contributed by atoms with Gasteiger partial charge in [0.1, 0.15) is 0 Å². The van der Waals surface area contributed by atoms with Gasteiger partial charge < -0.3 is 19.8 Å². The van der Waals surface area contributed by atoms with Crippen molar-refractivity contribution in [2.75, 3.05) is 26.3 Å². The maximum atomic E-state index is 12.7. The Kier molecular flexibility index (Phi) is 5.85. The minimum atomic E-state index is -0.199. The summed E-state index contributed by atoms with van der Waals surface area (Å²) in [5, 5.41) is 8.11. The first-order chi connectivity index (χ1) is 14.6. The number of benzene rings is 2. The minimum Gasteiger partial charge on any atom is -0.406 e. The van der Waals surface area contributed by atoms with Crippen LogP contribution in [0.4, 0.5) is 6.01 Å². The van der Waals surface area contributed by atoms with Gasteiger partial charge in [-0.1, -0.05) is 53.6 Å². The van der Waals surface area contributed by atoms with Crippen molar-refractivity contribution in [1.29, 1.82) is 0 Å². The number of nitrogens with two attached hydrogens (primary N) is 1. The highest BCUT2D eigenvalue weighted by Gasteiger charge is 2.19. The summed E-state index contributed by atoms with van der Waals surface area (Å²) in [6.45, 7) is 4.52. The van der Waals surface area contributed by atoms with Crippen LogP contribution in [0.15, 0.2) is 64.0 Å². The van der Waals surface area contributed by atoms with E-state index in [-0.39, 0.29) is 17.7 Å². The summed E-state index contributed by atoms with van der Waals surface area (Å²) in [4.78, 5) is 18.9. The molecule has 0 amide bonds. The Morgan fingerprint density at radius 3 is 2.57 bits per heavy atom. The van der Waals surface area contributed by atoms with E-state index in [9.17, 15) is 4.79 Å². The topological polar surface area (TPSA) is 107 Å². The molecule has 1 aliphatic heterocycles. The highest BCUT2D eigenvalue weighted by atomic mass is 16.5. The fraction of sp³-hybridized carbons (Fsp3) is 0.273. The molecule has 3 aromatic rings. The Bertz CT molecular complexity index is 1040. The van der Waals surface area contributed by atoms with Crippen molar-refractivity contribution < 1.29 is 13.9 Å². The Labute approximate surface area is 174 Å². The molecule has 8 nitrogen and oxygen atoms in total. The van der Waals surface area contributed by atoms with E-state index in [2.05, 4.69) is 15.2 Å². The highest BCUT2D eigenvalue weighted by Crippen LogP contribution is 2.26. The van der Waals surface area contributed by atoms with Crippen molar-refractivity contribution in [1.82, 2.24) is 15.1 Å². The lowest BCUT2D eigenvalue weighted by molar-refractivity contribution is 0.0675. The molecule has 2 aromatic carbocycles. The Morgan fingerprint density at radius 2 is 1.80 bits per heavy atom. The lowest BCUT2D eigenvalue weighted by Gasteiger charge is -2.27. The highest BCUT2D eigenvalue weighted by molar-refractivity contribution is 6.09. The quantitative estimate of drug-likeness (QED) is 0.395. The van der Waals surface area contributed by atoms with E-state index < -0.39 is 0 Å². The van der Waals surface area contributed by atoms with Gasteiger partial charge in [0.2, 0.25) is 11.9 Å². The Balaban J connectivity index is 1.51. The molecule has 1 atom stereocenters. The molecular formula is C22H23N5O3. The predicted octanol–water partition coefficient (Wildman–Crippen LogP) is 2.73. The summed E-state index contributed by atoms with van der Waals surface area (Å²) in [5.74, 6) is 0.512. The smallest absolute Gasteiger partial charge is 0.345 e. The molecule has 0 bridgehead atoms. The first-order valence-electron chi connectivity index (χ1n) is 9.82. The number of guanidine groups is 1. The first kappa shape index (κ1) is 19.8. The number of hydrogen-bond donors (Lipinski definition) is 1. The van der Waals surface area contributed by atoms with Crippen molar-refractivity contribution in [3.8, 4) is 0 Å². The number of nitrogens with zero attached hydrogens (tertiary/aromatic N) is 4. The summed E-state index contributed by atoms with van der Waals surface area (Å²) in [5.41, 5.74) is 8.20. The van der Waals surface area contributed by atoms with E-state index >= 15 is 0 Å². The van der Waals surface area contributed by atoms with Gasteiger partial charge in [0.15, 0.2) is 5.78 Å². The second-order valence-corrected chi connectivity index (χ2v) is 7.03. The number of aromatic nitrogens is 2.